The van der Waals surface area contributed by atoms with Gasteiger partial charge < -0.3 is 34.6 Å². The summed E-state index contributed by atoms with van der Waals surface area (Å²) >= 11 is 5.88. The molecule has 4 amide bonds. The second kappa shape index (κ2) is 21.2. The van der Waals surface area contributed by atoms with Crippen LogP contribution in [0.2, 0.25) is 5.02 Å². The number of sulfonamides is 1. The Bertz CT molecular complexity index is 1530. The lowest BCUT2D eigenvalue weighted by atomic mass is 9.84. The topological polar surface area (TPSA) is 190 Å². The average Bonchev–Trinajstić information content (AvgIpc) is 3.11. The zero-order chi connectivity index (χ0) is 41.7. The van der Waals surface area contributed by atoms with Gasteiger partial charge in [-0.1, -0.05) is 11.6 Å². The van der Waals surface area contributed by atoms with Crippen molar-refractivity contribution in [3.05, 3.63) is 29.3 Å². The van der Waals surface area contributed by atoms with E-state index in [0.29, 0.717) is 55.9 Å². The first-order chi connectivity index (χ1) is 26.2. The van der Waals surface area contributed by atoms with E-state index in [1.165, 1.54) is 24.3 Å². The zero-order valence-corrected chi connectivity index (χ0v) is 35.6. The molecule has 2 saturated heterocycles. The van der Waals surface area contributed by atoms with Gasteiger partial charge in [-0.3, -0.25) is 14.4 Å². The van der Waals surface area contributed by atoms with E-state index >= 15 is 0 Å². The monoisotopic (exact) mass is 827 g/mol. The molecule has 0 aromatic heterocycles. The highest BCUT2D eigenvalue weighted by Crippen LogP contribution is 2.30. The molecule has 2 fully saturated rings. The first-order valence-electron chi connectivity index (χ1n) is 19.6. The third-order valence-electron chi connectivity index (χ3n) is 9.67. The van der Waals surface area contributed by atoms with Gasteiger partial charge >= 0.3 is 18.2 Å². The minimum absolute atomic E-state index is 0.00485. The van der Waals surface area contributed by atoms with Crippen molar-refractivity contribution < 1.29 is 46.6 Å². The van der Waals surface area contributed by atoms with Crippen LogP contribution in [0.15, 0.2) is 29.2 Å². The maximum absolute atomic E-state index is 13.6. The van der Waals surface area contributed by atoms with Crippen LogP contribution in [-0.2, 0) is 38.6 Å². The van der Waals surface area contributed by atoms with Crippen LogP contribution in [0.1, 0.15) is 99.8 Å². The quantitative estimate of drug-likeness (QED) is 0.147. The summed E-state index contributed by atoms with van der Waals surface area (Å²) in [5, 5.41) is 5.62. The zero-order valence-electron chi connectivity index (χ0n) is 34.0. The first-order valence-corrected chi connectivity index (χ1v) is 21.5. The molecule has 0 unspecified atom stereocenters. The van der Waals surface area contributed by atoms with Crippen molar-refractivity contribution in [2.75, 3.05) is 45.9 Å². The third-order valence-corrected chi connectivity index (χ3v) is 11.4. The van der Waals surface area contributed by atoms with Crippen LogP contribution in [0.5, 0.6) is 0 Å². The fraction of sp³-hybridized carbons (Fsp3) is 0.718. The number of rotatable bonds is 16. The van der Waals surface area contributed by atoms with E-state index in [1.807, 2.05) is 41.5 Å². The lowest BCUT2D eigenvalue weighted by molar-refractivity contribution is -0.145. The number of halogens is 1. The largest absolute Gasteiger partial charge is 0.465 e. The number of nitrogens with zero attached hydrogens (tertiary/aromatic N) is 2. The standard InChI is InChI=1S/C39H62ClN5O10S/c1-8-53-35(48)32(43-56(51,52)31-15-13-30(40)14-16-31)25-41-33(46)26-42-34(47)29(11-9-27-17-21-44(22-18-27)36(49)54-38(2,3)4)12-10-28-19-23-45(24-20-28)37(50)55-39(5,6)7/h13-16,27-29,32,43H,8-12,17-26H2,1-7H3,(H,41,46)(H,42,47)/t32-/m0/s1. The number of amides is 4. The third kappa shape index (κ3) is 16.5. The Kier molecular flexibility index (Phi) is 17.7. The highest BCUT2D eigenvalue weighted by molar-refractivity contribution is 7.89. The molecular formula is C39H62ClN5O10S. The van der Waals surface area contributed by atoms with Crippen molar-refractivity contribution in [1.82, 2.24) is 25.2 Å². The van der Waals surface area contributed by atoms with Gasteiger partial charge in [-0.2, -0.15) is 4.72 Å². The average molecular weight is 828 g/mol. The molecule has 0 spiro atoms. The van der Waals surface area contributed by atoms with Gasteiger partial charge in [0.1, 0.15) is 17.2 Å². The summed E-state index contributed by atoms with van der Waals surface area (Å²) in [5.41, 5.74) is -1.15. The fourth-order valence-corrected chi connectivity index (χ4v) is 7.93. The molecule has 15 nitrogen and oxygen atoms in total. The maximum Gasteiger partial charge on any atom is 0.410 e. The van der Waals surface area contributed by atoms with Crippen LogP contribution in [0, 0.1) is 17.8 Å². The number of esters is 1. The van der Waals surface area contributed by atoms with Gasteiger partial charge in [0.25, 0.3) is 0 Å². The molecule has 0 bridgehead atoms. The highest BCUT2D eigenvalue weighted by atomic mass is 35.5. The lowest BCUT2D eigenvalue weighted by Gasteiger charge is -2.34. The number of piperidine rings is 2. The van der Waals surface area contributed by atoms with E-state index in [4.69, 9.17) is 25.8 Å². The van der Waals surface area contributed by atoms with Gasteiger partial charge in [0.2, 0.25) is 21.8 Å². The lowest BCUT2D eigenvalue weighted by Crippen LogP contribution is -2.50. The van der Waals surface area contributed by atoms with Crippen LogP contribution >= 0.6 is 11.6 Å². The SMILES string of the molecule is CCOC(=O)[C@H](CNC(=O)CNC(=O)C(CCC1CCN(C(=O)OC(C)(C)C)CC1)CCC1CCN(C(=O)OC(C)(C)C)CC1)NS(=O)(=O)c1ccc(Cl)cc1. The number of hydrogen-bond acceptors (Lipinski definition) is 10. The minimum atomic E-state index is -4.17. The van der Waals surface area contributed by atoms with Crippen molar-refractivity contribution >= 4 is 51.6 Å². The van der Waals surface area contributed by atoms with Crippen LogP contribution in [-0.4, -0.2) is 111 Å². The Morgan fingerprint density at radius 3 is 1.68 bits per heavy atom. The number of carbonyl (C=O) groups excluding carboxylic acids is 5. The summed E-state index contributed by atoms with van der Waals surface area (Å²) in [6.07, 6.45) is 5.28. The molecule has 2 heterocycles. The van der Waals surface area contributed by atoms with Crippen molar-refractivity contribution in [2.45, 2.75) is 122 Å². The maximum atomic E-state index is 13.6. The van der Waals surface area contributed by atoms with Crippen LogP contribution in [0.3, 0.4) is 0 Å². The van der Waals surface area contributed by atoms with Crippen LogP contribution in [0.4, 0.5) is 9.59 Å². The summed E-state index contributed by atoms with van der Waals surface area (Å²) in [5.74, 6) is -1.50. The normalized spacial score (nSPS) is 16.6. The van der Waals surface area contributed by atoms with E-state index in [-0.39, 0.29) is 42.1 Å². The molecule has 17 heteroatoms. The van der Waals surface area contributed by atoms with E-state index in [0.717, 1.165) is 38.5 Å². The van der Waals surface area contributed by atoms with Gasteiger partial charge in [-0.25, -0.2) is 18.0 Å². The predicted octanol–water partition coefficient (Wildman–Crippen LogP) is 5.25. The molecule has 316 valence electrons. The van der Waals surface area contributed by atoms with Gasteiger partial charge in [-0.05, 0) is 136 Å². The summed E-state index contributed by atoms with van der Waals surface area (Å²) in [6.45, 7) is 14.1. The molecule has 56 heavy (non-hydrogen) atoms. The first kappa shape index (κ1) is 46.8. The van der Waals surface area contributed by atoms with Crippen molar-refractivity contribution in [1.29, 1.82) is 0 Å². The Morgan fingerprint density at radius 2 is 1.25 bits per heavy atom. The molecule has 0 aliphatic carbocycles. The summed E-state index contributed by atoms with van der Waals surface area (Å²) < 4.78 is 44.3. The molecule has 1 atom stereocenters. The van der Waals surface area contributed by atoms with Gasteiger partial charge in [0.15, 0.2) is 0 Å². The molecule has 2 aliphatic heterocycles. The molecule has 2 aliphatic rings. The summed E-state index contributed by atoms with van der Waals surface area (Å²) in [4.78, 5) is 67.7. The fourth-order valence-electron chi connectivity index (χ4n) is 6.62. The molecule has 1 aromatic carbocycles. The number of carbonyl (C=O) groups is 5. The van der Waals surface area contributed by atoms with E-state index in [1.54, 1.807) is 16.7 Å². The predicted molar refractivity (Wildman–Crippen MR) is 211 cm³/mol. The Morgan fingerprint density at radius 1 is 0.786 bits per heavy atom. The van der Waals surface area contributed by atoms with Crippen molar-refractivity contribution in [2.24, 2.45) is 17.8 Å². The van der Waals surface area contributed by atoms with Gasteiger partial charge in [0.05, 0.1) is 18.0 Å². The number of likely N-dealkylation sites (tertiary alicyclic amines) is 2. The van der Waals surface area contributed by atoms with E-state index < -0.39 is 45.7 Å². The van der Waals surface area contributed by atoms with Crippen molar-refractivity contribution in [3.8, 4) is 0 Å². The number of nitrogens with one attached hydrogen (secondary N) is 3. The second-order valence-corrected chi connectivity index (χ2v) is 18.7. The van der Waals surface area contributed by atoms with Crippen LogP contribution in [0.25, 0.3) is 0 Å². The number of ether oxygens (including phenoxy) is 3. The van der Waals surface area contributed by atoms with E-state index in [2.05, 4.69) is 15.4 Å². The van der Waals surface area contributed by atoms with Gasteiger partial charge in [0, 0.05) is 43.7 Å². The summed E-state index contributed by atoms with van der Waals surface area (Å²) in [7, 11) is -4.17. The molecule has 0 saturated carbocycles. The summed E-state index contributed by atoms with van der Waals surface area (Å²) in [6, 6.07) is 3.95. The molecule has 1 aromatic rings. The molecule has 3 rings (SSSR count). The van der Waals surface area contributed by atoms with E-state index in [9.17, 15) is 32.4 Å². The minimum Gasteiger partial charge on any atom is -0.465 e. The smallest absolute Gasteiger partial charge is 0.410 e. The Hall–Kier alpha value is -3.63. The van der Waals surface area contributed by atoms with Crippen molar-refractivity contribution in [3.63, 3.8) is 0 Å². The number of benzene rings is 1. The highest BCUT2D eigenvalue weighted by Gasteiger charge is 2.31. The Labute approximate surface area is 337 Å². The molecular weight excluding hydrogens is 766 g/mol. The van der Waals surface area contributed by atoms with Gasteiger partial charge in [-0.15, -0.1) is 0 Å². The number of hydrogen-bond donors (Lipinski definition) is 3. The second-order valence-electron chi connectivity index (χ2n) is 16.6. The molecule has 3 N–H and O–H groups in total. The molecule has 0 radical (unpaired) electrons. The Balaban J connectivity index is 1.58. The van der Waals surface area contributed by atoms with Crippen LogP contribution < -0.4 is 15.4 Å².